The number of ether oxygens (including phenoxy) is 1. The molecule has 1 aromatic carbocycles. The van der Waals surface area contributed by atoms with E-state index in [1.807, 2.05) is 24.3 Å². The minimum Gasteiger partial charge on any atom is -0.497 e. The Balaban J connectivity index is 2.20. The fraction of sp³-hybridized carbons (Fsp3) is 0.0769. The van der Waals surface area contributed by atoms with Gasteiger partial charge >= 0.3 is 0 Å². The molecule has 92 valence electrons. The van der Waals surface area contributed by atoms with E-state index in [0.717, 1.165) is 11.3 Å². The van der Waals surface area contributed by atoms with Crippen LogP contribution in [-0.4, -0.2) is 18.2 Å². The second-order valence-electron chi connectivity index (χ2n) is 3.58. The molecule has 0 fully saturated rings. The van der Waals surface area contributed by atoms with E-state index >= 15 is 0 Å². The van der Waals surface area contributed by atoms with Crippen LogP contribution >= 0.6 is 0 Å². The van der Waals surface area contributed by atoms with Crippen molar-refractivity contribution >= 4 is 12.0 Å². The van der Waals surface area contributed by atoms with Gasteiger partial charge in [-0.05, 0) is 30.3 Å². The molecule has 1 aromatic heterocycles. The van der Waals surface area contributed by atoms with E-state index in [1.54, 1.807) is 13.2 Å². The highest BCUT2D eigenvalue weighted by molar-refractivity contribution is 5.90. The predicted octanol–water partition coefficient (Wildman–Crippen LogP) is 1.85. The first-order chi connectivity index (χ1) is 8.69. The quantitative estimate of drug-likeness (QED) is 0.832. The summed E-state index contributed by atoms with van der Waals surface area (Å²) in [4.78, 5) is 10.6. The van der Waals surface area contributed by atoms with Crippen molar-refractivity contribution in [3.63, 3.8) is 0 Å². The SMILES string of the molecule is COc1ccc(-c2cc(/C=C\C(N)=O)no2)cc1. The normalized spacial score (nSPS) is 10.7. The van der Waals surface area contributed by atoms with Crippen LogP contribution in [0.1, 0.15) is 5.69 Å². The molecule has 0 atom stereocenters. The molecule has 5 heteroatoms. The number of hydrogen-bond acceptors (Lipinski definition) is 4. The van der Waals surface area contributed by atoms with E-state index in [2.05, 4.69) is 5.16 Å². The number of nitrogens with zero attached hydrogens (tertiary/aromatic N) is 1. The van der Waals surface area contributed by atoms with Gasteiger partial charge in [0.2, 0.25) is 5.91 Å². The molecule has 0 spiro atoms. The molecule has 0 aliphatic carbocycles. The number of primary amides is 1. The van der Waals surface area contributed by atoms with Crippen molar-refractivity contribution in [1.82, 2.24) is 5.16 Å². The van der Waals surface area contributed by atoms with Crippen molar-refractivity contribution in [2.24, 2.45) is 5.73 Å². The molecule has 5 nitrogen and oxygen atoms in total. The first kappa shape index (κ1) is 11.9. The van der Waals surface area contributed by atoms with Crippen LogP contribution in [0.3, 0.4) is 0 Å². The second-order valence-corrected chi connectivity index (χ2v) is 3.58. The first-order valence-electron chi connectivity index (χ1n) is 5.27. The first-order valence-corrected chi connectivity index (χ1v) is 5.27. The van der Waals surface area contributed by atoms with E-state index in [9.17, 15) is 4.79 Å². The number of amides is 1. The molecule has 2 aromatic rings. The molecule has 1 amide bonds. The third kappa shape index (κ3) is 2.76. The Hall–Kier alpha value is -2.56. The third-order valence-electron chi connectivity index (χ3n) is 2.32. The summed E-state index contributed by atoms with van der Waals surface area (Å²) < 4.78 is 10.2. The van der Waals surface area contributed by atoms with E-state index < -0.39 is 5.91 Å². The molecule has 0 saturated carbocycles. The van der Waals surface area contributed by atoms with Crippen LogP contribution in [0.15, 0.2) is 40.9 Å². The zero-order valence-electron chi connectivity index (χ0n) is 9.79. The van der Waals surface area contributed by atoms with Gasteiger partial charge in [-0.15, -0.1) is 0 Å². The molecular weight excluding hydrogens is 232 g/mol. The van der Waals surface area contributed by atoms with Crippen molar-refractivity contribution in [1.29, 1.82) is 0 Å². The van der Waals surface area contributed by atoms with Gasteiger partial charge in [0.05, 0.1) is 7.11 Å². The van der Waals surface area contributed by atoms with E-state index in [0.29, 0.717) is 11.5 Å². The number of hydrogen-bond donors (Lipinski definition) is 1. The Morgan fingerprint density at radius 1 is 1.39 bits per heavy atom. The summed E-state index contributed by atoms with van der Waals surface area (Å²) in [6.45, 7) is 0. The lowest BCUT2D eigenvalue weighted by Crippen LogP contribution is -2.05. The summed E-state index contributed by atoms with van der Waals surface area (Å²) in [5, 5.41) is 3.81. The van der Waals surface area contributed by atoms with Gasteiger partial charge in [-0.25, -0.2) is 0 Å². The molecule has 18 heavy (non-hydrogen) atoms. The van der Waals surface area contributed by atoms with Crippen molar-refractivity contribution in [2.45, 2.75) is 0 Å². The number of carbonyl (C=O) groups excluding carboxylic acids is 1. The van der Waals surface area contributed by atoms with Crippen molar-refractivity contribution < 1.29 is 14.1 Å². The number of aromatic nitrogens is 1. The van der Waals surface area contributed by atoms with Crippen LogP contribution in [0.2, 0.25) is 0 Å². The largest absolute Gasteiger partial charge is 0.497 e. The summed E-state index contributed by atoms with van der Waals surface area (Å²) in [6.07, 6.45) is 2.73. The lowest BCUT2D eigenvalue weighted by atomic mass is 10.1. The van der Waals surface area contributed by atoms with Gasteiger partial charge in [-0.1, -0.05) is 5.16 Å². The van der Waals surface area contributed by atoms with E-state index in [4.69, 9.17) is 15.0 Å². The minimum atomic E-state index is -0.524. The molecule has 0 radical (unpaired) electrons. The maximum Gasteiger partial charge on any atom is 0.241 e. The molecule has 0 aliphatic heterocycles. The van der Waals surface area contributed by atoms with E-state index in [-0.39, 0.29) is 0 Å². The smallest absolute Gasteiger partial charge is 0.241 e. The molecule has 0 saturated heterocycles. The van der Waals surface area contributed by atoms with Crippen molar-refractivity contribution in [3.8, 4) is 17.1 Å². The van der Waals surface area contributed by atoms with E-state index in [1.165, 1.54) is 12.2 Å². The monoisotopic (exact) mass is 244 g/mol. The summed E-state index contributed by atoms with van der Waals surface area (Å²) in [6, 6.07) is 9.11. The molecule has 0 aliphatic rings. The minimum absolute atomic E-state index is 0.524. The zero-order chi connectivity index (χ0) is 13.0. The molecule has 2 rings (SSSR count). The number of nitrogens with two attached hydrogens (primary N) is 1. The molecule has 0 bridgehead atoms. The van der Waals surface area contributed by atoms with Gasteiger partial charge in [-0.3, -0.25) is 4.79 Å². The number of benzene rings is 1. The maximum absolute atomic E-state index is 10.6. The van der Waals surface area contributed by atoms with Gasteiger partial charge < -0.3 is 15.0 Å². The lowest BCUT2D eigenvalue weighted by Gasteiger charge is -1.99. The number of carbonyl (C=O) groups is 1. The van der Waals surface area contributed by atoms with Crippen LogP contribution in [0.5, 0.6) is 5.75 Å². The molecular formula is C13H12N2O3. The van der Waals surface area contributed by atoms with Gasteiger partial charge in [-0.2, -0.15) is 0 Å². The van der Waals surface area contributed by atoms with Crippen molar-refractivity contribution in [2.75, 3.05) is 7.11 Å². The van der Waals surface area contributed by atoms with Crippen LogP contribution in [0.4, 0.5) is 0 Å². The fourth-order valence-corrected chi connectivity index (χ4v) is 1.43. The van der Waals surface area contributed by atoms with Crippen LogP contribution in [0.25, 0.3) is 17.4 Å². The Kier molecular flexibility index (Phi) is 3.43. The zero-order valence-corrected chi connectivity index (χ0v) is 9.79. The highest BCUT2D eigenvalue weighted by Gasteiger charge is 2.05. The maximum atomic E-state index is 10.6. The second kappa shape index (κ2) is 5.18. The van der Waals surface area contributed by atoms with Gasteiger partial charge in [0.25, 0.3) is 0 Å². The number of rotatable bonds is 4. The van der Waals surface area contributed by atoms with Gasteiger partial charge in [0.1, 0.15) is 11.4 Å². The van der Waals surface area contributed by atoms with Crippen LogP contribution < -0.4 is 10.5 Å². The third-order valence-corrected chi connectivity index (χ3v) is 2.32. The average Bonchev–Trinajstić information content (AvgIpc) is 2.85. The predicted molar refractivity (Wildman–Crippen MR) is 66.7 cm³/mol. The topological polar surface area (TPSA) is 78.4 Å². The van der Waals surface area contributed by atoms with Gasteiger partial charge in [0, 0.05) is 17.7 Å². The fourth-order valence-electron chi connectivity index (χ4n) is 1.43. The molecule has 0 unspecified atom stereocenters. The highest BCUT2D eigenvalue weighted by Crippen LogP contribution is 2.23. The Bertz CT molecular complexity index is 570. The van der Waals surface area contributed by atoms with Crippen LogP contribution in [-0.2, 0) is 4.79 Å². The van der Waals surface area contributed by atoms with Gasteiger partial charge in [0.15, 0.2) is 5.76 Å². The van der Waals surface area contributed by atoms with Crippen molar-refractivity contribution in [3.05, 3.63) is 42.1 Å². The summed E-state index contributed by atoms with van der Waals surface area (Å²) in [5.41, 5.74) is 6.41. The Morgan fingerprint density at radius 2 is 2.11 bits per heavy atom. The highest BCUT2D eigenvalue weighted by atomic mass is 16.5. The number of methoxy groups -OCH3 is 1. The standard InChI is InChI=1S/C13H12N2O3/c1-17-11-5-2-9(3-6-11)12-8-10(15-18-12)4-7-13(14)16/h2-8H,1H3,(H2,14,16)/b7-4-. The van der Waals surface area contributed by atoms with Crippen LogP contribution in [0, 0.1) is 0 Å². The summed E-state index contributed by atoms with van der Waals surface area (Å²) in [7, 11) is 1.61. The summed E-state index contributed by atoms with van der Waals surface area (Å²) >= 11 is 0. The Morgan fingerprint density at radius 3 is 2.72 bits per heavy atom. The molecule has 1 heterocycles. The Labute approximate surface area is 104 Å². The average molecular weight is 244 g/mol. The molecule has 2 N–H and O–H groups in total. The lowest BCUT2D eigenvalue weighted by molar-refractivity contribution is -0.113. The summed E-state index contributed by atoms with van der Waals surface area (Å²) in [5.74, 6) is 0.859.